The van der Waals surface area contributed by atoms with Gasteiger partial charge in [0, 0.05) is 5.33 Å². The van der Waals surface area contributed by atoms with Gasteiger partial charge in [0.05, 0.1) is 33.0 Å². The molecular formula is C64H103BrO5. The maximum Gasteiger partial charge on any atom is 0.161 e. The first-order valence-corrected chi connectivity index (χ1v) is 31.0. The third-order valence-corrected chi connectivity index (χ3v) is 14.9. The molecule has 0 aliphatic carbocycles. The fourth-order valence-electron chi connectivity index (χ4n) is 9.95. The van der Waals surface area contributed by atoms with Gasteiger partial charge in [0.1, 0.15) is 5.75 Å². The Morgan fingerprint density at radius 1 is 0.257 bits per heavy atom. The number of hydrogen-bond acceptors (Lipinski definition) is 5. The van der Waals surface area contributed by atoms with Crippen LogP contribution in [0.5, 0.6) is 28.7 Å². The SMILES string of the molecule is CCCCCCOc1cc2c(cc1CCCCCCCCCCCCCCCCBr)c1cc(OCCCCCC)c(OCCCCCC)cc1c1cc(OCCCCCC)c(OCCCCCC)cc21. The molecule has 0 bridgehead atoms. The third-order valence-electron chi connectivity index (χ3n) is 14.3. The maximum absolute atomic E-state index is 6.87. The summed E-state index contributed by atoms with van der Waals surface area (Å²) in [5.41, 5.74) is 1.33. The molecule has 0 fully saturated rings. The van der Waals surface area contributed by atoms with E-state index in [1.54, 1.807) is 0 Å². The van der Waals surface area contributed by atoms with Crippen molar-refractivity contribution in [3.63, 3.8) is 0 Å². The highest BCUT2D eigenvalue weighted by Crippen LogP contribution is 2.46. The van der Waals surface area contributed by atoms with E-state index in [1.807, 2.05) is 0 Å². The predicted molar refractivity (Wildman–Crippen MR) is 309 cm³/mol. The highest BCUT2D eigenvalue weighted by molar-refractivity contribution is 9.09. The number of fused-ring (bicyclic) bond motifs is 6. The fourth-order valence-corrected chi connectivity index (χ4v) is 10.3. The Labute approximate surface area is 438 Å². The number of benzene rings is 4. The molecule has 0 atom stereocenters. The second-order valence-electron chi connectivity index (χ2n) is 20.6. The van der Waals surface area contributed by atoms with E-state index in [0.29, 0.717) is 26.4 Å². The number of alkyl halides is 1. The first-order valence-electron chi connectivity index (χ1n) is 29.8. The van der Waals surface area contributed by atoms with Crippen LogP contribution in [0.4, 0.5) is 0 Å². The van der Waals surface area contributed by atoms with Crippen molar-refractivity contribution in [2.24, 2.45) is 0 Å². The molecule has 0 saturated carbocycles. The van der Waals surface area contributed by atoms with Crippen LogP contribution in [0.15, 0.2) is 36.4 Å². The van der Waals surface area contributed by atoms with Gasteiger partial charge in [0.25, 0.3) is 0 Å². The number of aryl methyl sites for hydroxylation is 1. The molecular weight excluding hydrogens is 929 g/mol. The Bertz CT molecular complexity index is 1890. The molecule has 0 unspecified atom stereocenters. The summed E-state index contributed by atoms with van der Waals surface area (Å²) in [6, 6.07) is 14.0. The summed E-state index contributed by atoms with van der Waals surface area (Å²) >= 11 is 3.56. The number of rotatable bonds is 46. The summed E-state index contributed by atoms with van der Waals surface area (Å²) in [7, 11) is 0. The minimum absolute atomic E-state index is 0.684. The molecule has 4 aromatic rings. The van der Waals surface area contributed by atoms with E-state index in [1.165, 1.54) is 219 Å². The molecule has 0 radical (unpaired) electrons. The molecule has 6 heteroatoms. The number of hydrogen-bond donors (Lipinski definition) is 0. The molecule has 396 valence electrons. The Kier molecular flexibility index (Phi) is 33.0. The molecule has 70 heavy (non-hydrogen) atoms. The van der Waals surface area contributed by atoms with Gasteiger partial charge in [-0.05, 0) is 126 Å². The van der Waals surface area contributed by atoms with E-state index in [0.717, 1.165) is 84.6 Å². The van der Waals surface area contributed by atoms with Crippen LogP contribution in [0.25, 0.3) is 32.3 Å². The normalized spacial score (nSPS) is 11.6. The fraction of sp³-hybridized carbons (Fsp3) is 0.719. The van der Waals surface area contributed by atoms with Gasteiger partial charge in [0.2, 0.25) is 0 Å². The van der Waals surface area contributed by atoms with Crippen molar-refractivity contribution < 1.29 is 23.7 Å². The van der Waals surface area contributed by atoms with Gasteiger partial charge >= 0.3 is 0 Å². The third kappa shape index (κ3) is 22.5. The molecule has 0 amide bonds. The molecule has 0 heterocycles. The highest BCUT2D eigenvalue weighted by Gasteiger charge is 2.20. The number of halogens is 1. The zero-order chi connectivity index (χ0) is 49.7. The average molecular weight is 1030 g/mol. The summed E-state index contributed by atoms with van der Waals surface area (Å²) in [4.78, 5) is 0. The van der Waals surface area contributed by atoms with Gasteiger partial charge < -0.3 is 23.7 Å². The molecule has 0 N–H and O–H groups in total. The molecule has 0 aliphatic heterocycles. The molecule has 4 rings (SSSR count). The molecule has 4 aromatic carbocycles. The molecule has 0 saturated heterocycles. The van der Waals surface area contributed by atoms with Crippen LogP contribution in [0.2, 0.25) is 0 Å². The monoisotopic (exact) mass is 1030 g/mol. The second kappa shape index (κ2) is 38.7. The number of ether oxygens (including phenoxy) is 5. The summed E-state index contributed by atoms with van der Waals surface area (Å²) in [5.74, 6) is 4.45. The van der Waals surface area contributed by atoms with Crippen LogP contribution in [0.3, 0.4) is 0 Å². The second-order valence-corrected chi connectivity index (χ2v) is 21.4. The molecule has 0 aromatic heterocycles. The minimum atomic E-state index is 0.684. The zero-order valence-corrected chi connectivity index (χ0v) is 47.5. The standard InChI is InChI=1S/C64H103BrO5/c1-6-11-16-35-42-66-60-48-55-54(47-53(60)40-33-31-29-27-25-23-21-22-24-26-28-30-32-34-41-65)56-49-61(67-43-36-17-12-7-2)63(69-45-38-19-14-9-4)51-58(56)59-52-64(70-46-39-20-15-10-5)62(50-57(55)59)68-44-37-18-13-8-3/h47-52H,6-46H2,1-5H3. The lowest BCUT2D eigenvalue weighted by molar-refractivity contribution is 0.259. The Morgan fingerprint density at radius 3 is 0.771 bits per heavy atom. The van der Waals surface area contributed by atoms with Crippen LogP contribution in [0.1, 0.15) is 258 Å². The summed E-state index contributed by atoms with van der Waals surface area (Å²) in [5, 5.41) is 8.34. The van der Waals surface area contributed by atoms with Gasteiger partial charge in [-0.3, -0.25) is 0 Å². The first-order chi connectivity index (χ1) is 34.6. The summed E-state index contributed by atoms with van der Waals surface area (Å²) < 4.78 is 33.8. The van der Waals surface area contributed by atoms with E-state index in [9.17, 15) is 0 Å². The Morgan fingerprint density at radius 2 is 0.486 bits per heavy atom. The van der Waals surface area contributed by atoms with E-state index >= 15 is 0 Å². The molecule has 0 spiro atoms. The highest BCUT2D eigenvalue weighted by atomic mass is 79.9. The van der Waals surface area contributed by atoms with Gasteiger partial charge in [-0.25, -0.2) is 0 Å². The molecule has 5 nitrogen and oxygen atoms in total. The van der Waals surface area contributed by atoms with Crippen molar-refractivity contribution >= 4 is 48.2 Å². The summed E-state index contributed by atoms with van der Waals surface area (Å²) in [6.07, 6.45) is 43.4. The maximum atomic E-state index is 6.87. The topological polar surface area (TPSA) is 46.2 Å². The van der Waals surface area contributed by atoms with Gasteiger partial charge in [-0.15, -0.1) is 0 Å². The lowest BCUT2D eigenvalue weighted by Gasteiger charge is -2.21. The predicted octanol–water partition coefficient (Wildman–Crippen LogP) is 21.3. The quantitative estimate of drug-likeness (QED) is 0.0251. The van der Waals surface area contributed by atoms with E-state index in [4.69, 9.17) is 23.7 Å². The van der Waals surface area contributed by atoms with Crippen molar-refractivity contribution in [2.45, 2.75) is 259 Å². The van der Waals surface area contributed by atoms with Crippen molar-refractivity contribution in [1.29, 1.82) is 0 Å². The Hall–Kier alpha value is -2.86. The van der Waals surface area contributed by atoms with Gasteiger partial charge in [-0.1, -0.05) is 224 Å². The van der Waals surface area contributed by atoms with Crippen LogP contribution in [-0.2, 0) is 6.42 Å². The van der Waals surface area contributed by atoms with Crippen molar-refractivity contribution in [1.82, 2.24) is 0 Å². The summed E-state index contributed by atoms with van der Waals surface area (Å²) in [6.45, 7) is 14.9. The average Bonchev–Trinajstić information content (AvgIpc) is 3.37. The minimum Gasteiger partial charge on any atom is -0.493 e. The van der Waals surface area contributed by atoms with E-state index in [-0.39, 0.29) is 0 Å². The van der Waals surface area contributed by atoms with Crippen molar-refractivity contribution in [3.05, 3.63) is 42.0 Å². The van der Waals surface area contributed by atoms with Crippen LogP contribution in [0, 0.1) is 0 Å². The smallest absolute Gasteiger partial charge is 0.161 e. The van der Waals surface area contributed by atoms with Crippen LogP contribution in [-0.4, -0.2) is 38.4 Å². The van der Waals surface area contributed by atoms with Gasteiger partial charge in [-0.2, -0.15) is 0 Å². The van der Waals surface area contributed by atoms with Crippen molar-refractivity contribution in [2.75, 3.05) is 38.4 Å². The first kappa shape index (κ1) is 59.7. The van der Waals surface area contributed by atoms with Crippen LogP contribution >= 0.6 is 15.9 Å². The lowest BCUT2D eigenvalue weighted by Crippen LogP contribution is -2.05. The van der Waals surface area contributed by atoms with Gasteiger partial charge in [0.15, 0.2) is 23.0 Å². The molecule has 0 aliphatic rings. The van der Waals surface area contributed by atoms with Crippen LogP contribution < -0.4 is 23.7 Å². The zero-order valence-electron chi connectivity index (χ0n) is 45.9. The largest absolute Gasteiger partial charge is 0.493 e. The van der Waals surface area contributed by atoms with Crippen molar-refractivity contribution in [3.8, 4) is 28.7 Å². The van der Waals surface area contributed by atoms with E-state index in [2.05, 4.69) is 86.9 Å². The lowest BCUT2D eigenvalue weighted by atomic mass is 9.91. The van der Waals surface area contributed by atoms with E-state index < -0.39 is 0 Å². The Balaban J connectivity index is 1.75. The number of unbranched alkanes of at least 4 members (excludes halogenated alkanes) is 28.